The minimum atomic E-state index is 0.287. The van der Waals surface area contributed by atoms with E-state index in [9.17, 15) is 0 Å². The van der Waals surface area contributed by atoms with Crippen LogP contribution in [0.2, 0.25) is 8.43 Å². The maximum absolute atomic E-state index is 3.70. The molecule has 0 aliphatic carbocycles. The van der Waals surface area contributed by atoms with E-state index in [1.54, 1.807) is 0 Å². The van der Waals surface area contributed by atoms with Crippen LogP contribution in [0.5, 0.6) is 0 Å². The van der Waals surface area contributed by atoms with Crippen LogP contribution in [0.4, 0.5) is 0 Å². The summed E-state index contributed by atoms with van der Waals surface area (Å²) in [6, 6.07) is 0. The molecular formula is C7H14Te. The molecule has 0 spiro atoms. The SMILES string of the molecule is C=CC[Te]C(C)CC. The van der Waals surface area contributed by atoms with Gasteiger partial charge in [-0.2, -0.15) is 0 Å². The Morgan fingerprint density at radius 2 is 2.38 bits per heavy atom. The molecule has 0 saturated heterocycles. The molecule has 0 bridgehead atoms. The minimum absolute atomic E-state index is 0.287. The second kappa shape index (κ2) is 5.66. The number of allylic oxidation sites excluding steroid dienone is 1. The molecular weight excluding hydrogens is 212 g/mol. The molecule has 1 atom stereocenters. The molecule has 0 aliphatic rings. The summed E-state index contributed by atoms with van der Waals surface area (Å²) in [7, 11) is 0. The fourth-order valence-corrected chi connectivity index (χ4v) is 2.35. The molecule has 0 amide bonds. The van der Waals surface area contributed by atoms with Gasteiger partial charge >= 0.3 is 62.3 Å². The average Bonchev–Trinajstić information content (AvgIpc) is 1.83. The third kappa shape index (κ3) is 4.68. The standard InChI is InChI=1S/C7H14Te/c1-4-6-8-7(3)5-2/h4,7H,1,5-6H2,2-3H3. The molecule has 0 rings (SSSR count). The van der Waals surface area contributed by atoms with Crippen LogP contribution in [0.3, 0.4) is 0 Å². The van der Waals surface area contributed by atoms with E-state index in [1.165, 1.54) is 10.9 Å². The summed E-state index contributed by atoms with van der Waals surface area (Å²) in [6.45, 7) is 8.30. The van der Waals surface area contributed by atoms with Crippen molar-refractivity contribution >= 4 is 20.9 Å². The van der Waals surface area contributed by atoms with Crippen molar-refractivity contribution in [3.63, 3.8) is 0 Å². The molecule has 0 aromatic carbocycles. The Bertz CT molecular complexity index is 59.4. The van der Waals surface area contributed by atoms with E-state index >= 15 is 0 Å². The van der Waals surface area contributed by atoms with Crippen LogP contribution in [0, 0.1) is 0 Å². The van der Waals surface area contributed by atoms with Crippen LogP contribution in [-0.2, 0) is 0 Å². The van der Waals surface area contributed by atoms with Crippen LogP contribution >= 0.6 is 0 Å². The van der Waals surface area contributed by atoms with Crippen LogP contribution in [0.1, 0.15) is 20.3 Å². The van der Waals surface area contributed by atoms with Gasteiger partial charge in [0, 0.05) is 0 Å². The Balaban J connectivity index is 2.97. The molecule has 0 N–H and O–H groups in total. The van der Waals surface area contributed by atoms with Gasteiger partial charge in [0.2, 0.25) is 0 Å². The van der Waals surface area contributed by atoms with Crippen molar-refractivity contribution < 1.29 is 0 Å². The molecule has 0 aromatic heterocycles. The topological polar surface area (TPSA) is 0 Å². The third-order valence-corrected chi connectivity index (χ3v) is 4.87. The normalized spacial score (nSPS) is 13.2. The van der Waals surface area contributed by atoms with Crippen molar-refractivity contribution in [1.82, 2.24) is 0 Å². The van der Waals surface area contributed by atoms with Crippen LogP contribution in [0.25, 0.3) is 0 Å². The summed E-state index contributed by atoms with van der Waals surface area (Å²) in [4.78, 5) is 0. The van der Waals surface area contributed by atoms with E-state index in [1.807, 2.05) is 0 Å². The Kier molecular flexibility index (Phi) is 6.04. The van der Waals surface area contributed by atoms with Gasteiger partial charge in [-0.05, 0) is 0 Å². The molecule has 0 saturated carbocycles. The molecule has 0 aliphatic heterocycles. The van der Waals surface area contributed by atoms with Gasteiger partial charge < -0.3 is 0 Å². The average molecular weight is 226 g/mol. The van der Waals surface area contributed by atoms with Gasteiger partial charge in [0.15, 0.2) is 0 Å². The van der Waals surface area contributed by atoms with Gasteiger partial charge in [0.25, 0.3) is 0 Å². The first-order chi connectivity index (χ1) is 3.81. The predicted octanol–water partition coefficient (Wildman–Crippen LogP) is 2.51. The number of hydrogen-bond acceptors (Lipinski definition) is 0. The maximum atomic E-state index is 3.70. The monoisotopic (exact) mass is 228 g/mol. The summed E-state index contributed by atoms with van der Waals surface area (Å²) in [5.41, 5.74) is 0. The van der Waals surface area contributed by atoms with Crippen LogP contribution in [-0.4, -0.2) is 20.9 Å². The van der Waals surface area contributed by atoms with Crippen LogP contribution in [0.15, 0.2) is 12.7 Å². The van der Waals surface area contributed by atoms with E-state index < -0.39 is 0 Å². The summed E-state index contributed by atoms with van der Waals surface area (Å²) in [6.07, 6.45) is 3.41. The molecule has 0 nitrogen and oxygen atoms in total. The van der Waals surface area contributed by atoms with Gasteiger partial charge in [-0.1, -0.05) is 0 Å². The van der Waals surface area contributed by atoms with Gasteiger partial charge in [0.05, 0.1) is 0 Å². The molecule has 1 heteroatoms. The number of rotatable bonds is 4. The zero-order valence-corrected chi connectivity index (χ0v) is 8.01. The van der Waals surface area contributed by atoms with Gasteiger partial charge in [-0.25, -0.2) is 0 Å². The Morgan fingerprint density at radius 3 is 2.75 bits per heavy atom. The van der Waals surface area contributed by atoms with E-state index in [-0.39, 0.29) is 20.9 Å². The summed E-state index contributed by atoms with van der Waals surface area (Å²) in [5.74, 6) is 0. The first-order valence-corrected chi connectivity index (χ1v) is 6.03. The van der Waals surface area contributed by atoms with E-state index in [0.29, 0.717) is 0 Å². The van der Waals surface area contributed by atoms with Crippen molar-refractivity contribution in [2.45, 2.75) is 28.7 Å². The second-order valence-corrected chi connectivity index (χ2v) is 6.04. The van der Waals surface area contributed by atoms with E-state index in [2.05, 4.69) is 26.5 Å². The molecule has 0 radical (unpaired) electrons. The van der Waals surface area contributed by atoms with Gasteiger partial charge in [-0.3, -0.25) is 0 Å². The molecule has 0 aromatic rings. The quantitative estimate of drug-likeness (QED) is 0.510. The van der Waals surface area contributed by atoms with Gasteiger partial charge in [-0.15, -0.1) is 0 Å². The summed E-state index contributed by atoms with van der Waals surface area (Å²) >= 11 is 0.287. The van der Waals surface area contributed by atoms with Gasteiger partial charge in [0.1, 0.15) is 0 Å². The van der Waals surface area contributed by atoms with Crippen molar-refractivity contribution in [2.75, 3.05) is 0 Å². The zero-order chi connectivity index (χ0) is 6.41. The van der Waals surface area contributed by atoms with Crippen molar-refractivity contribution in [3.8, 4) is 0 Å². The van der Waals surface area contributed by atoms with Crippen LogP contribution < -0.4 is 0 Å². The molecule has 1 unspecified atom stereocenters. The van der Waals surface area contributed by atoms with E-state index in [4.69, 9.17) is 0 Å². The summed E-state index contributed by atoms with van der Waals surface area (Å²) < 4.78 is 2.32. The summed E-state index contributed by atoms with van der Waals surface area (Å²) in [5, 5.41) is 0. The Morgan fingerprint density at radius 1 is 1.75 bits per heavy atom. The third-order valence-electron chi connectivity index (χ3n) is 1.07. The van der Waals surface area contributed by atoms with Crippen molar-refractivity contribution in [3.05, 3.63) is 12.7 Å². The Hall–Kier alpha value is 0.530. The first kappa shape index (κ1) is 8.53. The first-order valence-electron chi connectivity index (χ1n) is 3.03. The Labute approximate surface area is 62.4 Å². The van der Waals surface area contributed by atoms with Crippen molar-refractivity contribution in [2.24, 2.45) is 0 Å². The fraction of sp³-hybridized carbons (Fsp3) is 0.714. The molecule has 0 fully saturated rings. The second-order valence-electron chi connectivity index (χ2n) is 1.84. The van der Waals surface area contributed by atoms with E-state index in [0.717, 1.165) is 3.97 Å². The van der Waals surface area contributed by atoms with Crippen molar-refractivity contribution in [1.29, 1.82) is 0 Å². The molecule has 8 heavy (non-hydrogen) atoms. The fourth-order valence-electron chi connectivity index (χ4n) is 0.350. The number of hydrogen-bond donors (Lipinski definition) is 0. The molecule has 48 valence electrons. The molecule has 0 heterocycles. The zero-order valence-electron chi connectivity index (χ0n) is 5.68. The predicted molar refractivity (Wildman–Crippen MR) is 40.5 cm³/mol.